The summed E-state index contributed by atoms with van der Waals surface area (Å²) in [6, 6.07) is 5.13. The van der Waals surface area contributed by atoms with Gasteiger partial charge in [-0.3, -0.25) is 0 Å². The lowest BCUT2D eigenvalue weighted by Gasteiger charge is -2.27. The maximum atomic E-state index is 14.1. The number of hydrogen-bond donors (Lipinski definition) is 1. The van der Waals surface area contributed by atoms with Gasteiger partial charge < -0.3 is 9.84 Å². The van der Waals surface area contributed by atoms with Gasteiger partial charge in [-0.25, -0.2) is 4.39 Å². The Balaban J connectivity index is 2.15. The molecule has 2 rings (SSSR count). The third-order valence-corrected chi connectivity index (χ3v) is 4.22. The molecule has 1 N–H and O–H groups in total. The monoisotopic (exact) mass is 266 g/mol. The molecule has 3 heteroatoms. The molecule has 1 saturated carbocycles. The van der Waals surface area contributed by atoms with Crippen LogP contribution in [0.15, 0.2) is 18.2 Å². The van der Waals surface area contributed by atoms with Crippen LogP contribution in [0, 0.1) is 11.7 Å². The largest absolute Gasteiger partial charge is 0.494 e. The second-order valence-electron chi connectivity index (χ2n) is 5.87. The van der Waals surface area contributed by atoms with Crippen LogP contribution in [-0.2, 0) is 6.42 Å². The first kappa shape index (κ1) is 14.3. The molecular weight excluding hydrogens is 243 g/mol. The van der Waals surface area contributed by atoms with Crippen LogP contribution in [0.25, 0.3) is 0 Å². The molecule has 0 spiro atoms. The van der Waals surface area contributed by atoms with Crippen molar-refractivity contribution in [1.82, 2.24) is 0 Å². The number of benzene rings is 1. The maximum absolute atomic E-state index is 14.1. The van der Waals surface area contributed by atoms with Crippen LogP contribution >= 0.6 is 0 Å². The van der Waals surface area contributed by atoms with E-state index in [1.54, 1.807) is 18.2 Å². The maximum Gasteiger partial charge on any atom is 0.168 e. The van der Waals surface area contributed by atoms with E-state index in [1.807, 2.05) is 0 Å². The smallest absolute Gasteiger partial charge is 0.168 e. The summed E-state index contributed by atoms with van der Waals surface area (Å²) < 4.78 is 19.1. The van der Waals surface area contributed by atoms with Gasteiger partial charge in [0.25, 0.3) is 0 Å². The van der Waals surface area contributed by atoms with Gasteiger partial charge in [0.1, 0.15) is 0 Å². The fraction of sp³-hybridized carbons (Fsp3) is 0.625. The zero-order valence-corrected chi connectivity index (χ0v) is 11.8. The van der Waals surface area contributed by atoms with Crippen molar-refractivity contribution in [2.45, 2.75) is 51.0 Å². The van der Waals surface area contributed by atoms with Crippen LogP contribution in [0.5, 0.6) is 5.75 Å². The van der Waals surface area contributed by atoms with Crippen LogP contribution in [0.4, 0.5) is 4.39 Å². The minimum atomic E-state index is -0.766. The van der Waals surface area contributed by atoms with E-state index in [1.165, 1.54) is 7.11 Å². The second-order valence-corrected chi connectivity index (χ2v) is 5.87. The topological polar surface area (TPSA) is 29.5 Å². The van der Waals surface area contributed by atoms with Gasteiger partial charge in [-0.15, -0.1) is 0 Å². The van der Waals surface area contributed by atoms with Crippen molar-refractivity contribution in [2.75, 3.05) is 7.11 Å². The highest BCUT2D eigenvalue weighted by atomic mass is 19.1. The summed E-state index contributed by atoms with van der Waals surface area (Å²) in [6.45, 7) is 2.22. The fourth-order valence-electron chi connectivity index (χ4n) is 2.95. The fourth-order valence-corrected chi connectivity index (χ4v) is 2.95. The molecule has 2 unspecified atom stereocenters. The predicted molar refractivity (Wildman–Crippen MR) is 73.9 cm³/mol. The van der Waals surface area contributed by atoms with E-state index in [9.17, 15) is 9.50 Å². The van der Waals surface area contributed by atoms with Crippen LogP contribution in [-0.4, -0.2) is 17.8 Å². The normalized spacial score (nSPS) is 27.9. The first-order valence-corrected chi connectivity index (χ1v) is 7.08. The third-order valence-electron chi connectivity index (χ3n) is 4.22. The molecule has 19 heavy (non-hydrogen) atoms. The minimum absolute atomic E-state index is 0.253. The molecule has 2 atom stereocenters. The predicted octanol–water partition coefficient (Wildman–Crippen LogP) is 3.71. The number of rotatable bonds is 3. The Bertz CT molecular complexity index is 433. The summed E-state index contributed by atoms with van der Waals surface area (Å²) in [5.41, 5.74) is -0.214. The summed E-state index contributed by atoms with van der Waals surface area (Å²) >= 11 is 0. The lowest BCUT2D eigenvalue weighted by Crippen LogP contribution is -2.31. The van der Waals surface area contributed by atoms with E-state index >= 15 is 0 Å². The molecule has 1 aliphatic carbocycles. The highest BCUT2D eigenvalue weighted by Gasteiger charge is 2.31. The molecule has 0 heterocycles. The Morgan fingerprint density at radius 2 is 2.16 bits per heavy atom. The van der Waals surface area contributed by atoms with Crippen molar-refractivity contribution in [3.63, 3.8) is 0 Å². The Kier molecular flexibility index (Phi) is 4.46. The van der Waals surface area contributed by atoms with Crippen molar-refractivity contribution in [3.05, 3.63) is 29.6 Å². The zero-order chi connectivity index (χ0) is 13.9. The molecule has 0 saturated heterocycles. The molecule has 106 valence electrons. The number of ether oxygens (including phenoxy) is 1. The van der Waals surface area contributed by atoms with Gasteiger partial charge in [0.05, 0.1) is 12.7 Å². The molecule has 0 amide bonds. The molecule has 1 aromatic carbocycles. The molecule has 0 aromatic heterocycles. The van der Waals surface area contributed by atoms with Crippen LogP contribution in [0.1, 0.15) is 44.6 Å². The molecule has 1 aromatic rings. The quantitative estimate of drug-likeness (QED) is 0.845. The Morgan fingerprint density at radius 1 is 1.37 bits per heavy atom. The second kappa shape index (κ2) is 5.91. The molecule has 0 aliphatic heterocycles. The van der Waals surface area contributed by atoms with E-state index in [4.69, 9.17) is 4.74 Å². The summed E-state index contributed by atoms with van der Waals surface area (Å²) in [7, 11) is 1.46. The highest BCUT2D eigenvalue weighted by molar-refractivity contribution is 5.32. The Labute approximate surface area is 114 Å². The summed E-state index contributed by atoms with van der Waals surface area (Å²) in [6.07, 6.45) is 5.08. The lowest BCUT2D eigenvalue weighted by molar-refractivity contribution is 0.0235. The van der Waals surface area contributed by atoms with Gasteiger partial charge in [-0.1, -0.05) is 31.9 Å². The molecule has 0 radical (unpaired) electrons. The first-order valence-electron chi connectivity index (χ1n) is 7.08. The average molecular weight is 266 g/mol. The van der Waals surface area contributed by atoms with Crippen molar-refractivity contribution in [1.29, 1.82) is 0 Å². The van der Waals surface area contributed by atoms with Gasteiger partial charge in [0.2, 0.25) is 0 Å². The zero-order valence-electron chi connectivity index (χ0n) is 11.8. The Morgan fingerprint density at radius 3 is 2.89 bits per heavy atom. The molecule has 0 bridgehead atoms. The van der Waals surface area contributed by atoms with E-state index in [-0.39, 0.29) is 11.6 Å². The molecule has 2 nitrogen and oxygen atoms in total. The SMILES string of the molecule is COc1cccc(CC2(O)CCCC(C)CC2)c1F. The lowest BCUT2D eigenvalue weighted by atomic mass is 9.87. The first-order chi connectivity index (χ1) is 9.04. The number of aliphatic hydroxyl groups is 1. The van der Waals surface area contributed by atoms with E-state index < -0.39 is 5.60 Å². The number of halogens is 1. The molecule has 1 fully saturated rings. The Hall–Kier alpha value is -1.09. The van der Waals surface area contributed by atoms with E-state index in [0.29, 0.717) is 17.9 Å². The minimum Gasteiger partial charge on any atom is -0.494 e. The van der Waals surface area contributed by atoms with Gasteiger partial charge in [0.15, 0.2) is 11.6 Å². The van der Waals surface area contributed by atoms with E-state index in [0.717, 1.165) is 32.1 Å². The molecular formula is C16H23FO2. The van der Waals surface area contributed by atoms with Crippen molar-refractivity contribution < 1.29 is 14.2 Å². The standard InChI is InChI=1S/C16H23FO2/c1-12-5-4-9-16(18,10-8-12)11-13-6-3-7-14(19-2)15(13)17/h3,6-7,12,18H,4-5,8-11H2,1-2H3. The average Bonchev–Trinajstić information content (AvgIpc) is 2.55. The van der Waals surface area contributed by atoms with E-state index in [2.05, 4.69) is 6.92 Å². The van der Waals surface area contributed by atoms with Crippen LogP contribution in [0.3, 0.4) is 0 Å². The summed E-state index contributed by atoms with van der Waals surface area (Å²) in [5.74, 6) is 0.572. The highest BCUT2D eigenvalue weighted by Crippen LogP contribution is 2.34. The van der Waals surface area contributed by atoms with Gasteiger partial charge in [-0.2, -0.15) is 0 Å². The number of hydrogen-bond acceptors (Lipinski definition) is 2. The van der Waals surface area contributed by atoms with Gasteiger partial charge in [0, 0.05) is 6.42 Å². The van der Waals surface area contributed by atoms with Crippen LogP contribution < -0.4 is 4.74 Å². The summed E-state index contributed by atoms with van der Waals surface area (Å²) in [5, 5.41) is 10.7. The van der Waals surface area contributed by atoms with Crippen molar-refractivity contribution >= 4 is 0 Å². The number of methoxy groups -OCH3 is 1. The van der Waals surface area contributed by atoms with Crippen LogP contribution in [0.2, 0.25) is 0 Å². The van der Waals surface area contributed by atoms with Crippen molar-refractivity contribution in [3.8, 4) is 5.75 Å². The summed E-state index contributed by atoms with van der Waals surface area (Å²) in [4.78, 5) is 0. The van der Waals surface area contributed by atoms with Gasteiger partial charge in [-0.05, 0) is 36.8 Å². The van der Waals surface area contributed by atoms with Crippen molar-refractivity contribution in [2.24, 2.45) is 5.92 Å². The van der Waals surface area contributed by atoms with Gasteiger partial charge >= 0.3 is 0 Å². The molecule has 1 aliphatic rings. The third kappa shape index (κ3) is 3.47.